The van der Waals surface area contributed by atoms with Crippen LogP contribution in [0.4, 0.5) is 0 Å². The fourth-order valence-corrected chi connectivity index (χ4v) is 0.403. The molecule has 0 bridgehead atoms. The van der Waals surface area contributed by atoms with Crippen LogP contribution in [0.1, 0.15) is 20.8 Å². The number of hydrogen-bond acceptors (Lipinski definition) is 2. The van der Waals surface area contributed by atoms with Gasteiger partial charge < -0.3 is 4.74 Å². The smallest absolute Gasteiger partial charge is 0.337 e. The molecule has 0 rings (SSSR count). The van der Waals surface area contributed by atoms with Gasteiger partial charge in [-0.25, -0.2) is 4.79 Å². The molecular formula is C7H13O2P. The van der Waals surface area contributed by atoms with Crippen LogP contribution in [0.5, 0.6) is 0 Å². The zero-order valence-electron chi connectivity index (χ0n) is 6.60. The lowest BCUT2D eigenvalue weighted by atomic mass is 10.2. The minimum absolute atomic E-state index is 0.356. The second-order valence-corrected chi connectivity index (χ2v) is 3.72. The number of carbonyl (C=O) groups excluding carboxylic acids is 1. The van der Waals surface area contributed by atoms with E-state index in [1.165, 1.54) is 0 Å². The SMILES string of the molecule is C=C(P)C(=O)OC(C)(C)C. The molecule has 58 valence electrons. The topological polar surface area (TPSA) is 26.3 Å². The standard InChI is InChI=1S/C7H13O2P/c1-5(10)6(8)9-7(2,3)4/h1,10H2,2-4H3. The number of ether oxygens (including phenoxy) is 1. The Hall–Kier alpha value is -0.360. The Labute approximate surface area is 63.8 Å². The molecule has 10 heavy (non-hydrogen) atoms. The van der Waals surface area contributed by atoms with Crippen molar-refractivity contribution in [2.45, 2.75) is 26.4 Å². The van der Waals surface area contributed by atoms with Crippen molar-refractivity contribution in [3.8, 4) is 0 Å². The van der Waals surface area contributed by atoms with Gasteiger partial charge in [0.1, 0.15) is 5.60 Å². The summed E-state index contributed by atoms with van der Waals surface area (Å²) in [6.07, 6.45) is 0. The largest absolute Gasteiger partial charge is 0.456 e. The van der Waals surface area contributed by atoms with Crippen molar-refractivity contribution in [2.24, 2.45) is 0 Å². The van der Waals surface area contributed by atoms with Crippen molar-refractivity contribution in [2.75, 3.05) is 0 Å². The molecule has 0 fully saturated rings. The maximum atomic E-state index is 10.8. The van der Waals surface area contributed by atoms with Gasteiger partial charge in [0.05, 0.1) is 0 Å². The van der Waals surface area contributed by atoms with E-state index in [1.807, 2.05) is 20.8 Å². The van der Waals surface area contributed by atoms with E-state index in [-0.39, 0.29) is 5.97 Å². The molecule has 1 unspecified atom stereocenters. The van der Waals surface area contributed by atoms with E-state index in [1.54, 1.807) is 0 Å². The summed E-state index contributed by atoms with van der Waals surface area (Å²) in [7, 11) is 2.21. The highest BCUT2D eigenvalue weighted by Crippen LogP contribution is 2.12. The number of carbonyl (C=O) groups is 1. The summed E-state index contributed by atoms with van der Waals surface area (Å²) < 4.78 is 4.94. The van der Waals surface area contributed by atoms with E-state index in [4.69, 9.17) is 4.74 Å². The maximum Gasteiger partial charge on any atom is 0.337 e. The number of rotatable bonds is 1. The first kappa shape index (κ1) is 9.64. The first-order chi connectivity index (χ1) is 4.33. The highest BCUT2D eigenvalue weighted by Gasteiger charge is 2.15. The normalized spacial score (nSPS) is 10.8. The van der Waals surface area contributed by atoms with Crippen LogP contribution in [-0.4, -0.2) is 11.6 Å². The zero-order valence-corrected chi connectivity index (χ0v) is 7.76. The lowest BCUT2D eigenvalue weighted by Crippen LogP contribution is -2.23. The first-order valence-electron chi connectivity index (χ1n) is 3.00. The zero-order chi connectivity index (χ0) is 8.36. The van der Waals surface area contributed by atoms with Crippen molar-refractivity contribution in [3.63, 3.8) is 0 Å². The van der Waals surface area contributed by atoms with E-state index < -0.39 is 5.60 Å². The molecule has 0 amide bonds. The number of esters is 1. The molecule has 0 aromatic rings. The van der Waals surface area contributed by atoms with E-state index in [0.29, 0.717) is 5.31 Å². The molecule has 0 radical (unpaired) electrons. The third kappa shape index (κ3) is 4.51. The Morgan fingerprint density at radius 1 is 1.50 bits per heavy atom. The molecule has 0 saturated carbocycles. The molecule has 0 aliphatic carbocycles. The van der Waals surface area contributed by atoms with Crippen LogP contribution < -0.4 is 0 Å². The van der Waals surface area contributed by atoms with E-state index in [2.05, 4.69) is 15.8 Å². The summed E-state index contributed by atoms with van der Waals surface area (Å²) >= 11 is 0. The second kappa shape index (κ2) is 3.16. The molecule has 0 N–H and O–H groups in total. The molecule has 0 saturated heterocycles. The Morgan fingerprint density at radius 3 is 2.00 bits per heavy atom. The lowest BCUT2D eigenvalue weighted by Gasteiger charge is -2.19. The summed E-state index contributed by atoms with van der Waals surface area (Å²) in [4.78, 5) is 10.8. The molecule has 0 spiro atoms. The first-order valence-corrected chi connectivity index (χ1v) is 3.58. The molecule has 3 heteroatoms. The van der Waals surface area contributed by atoms with Crippen LogP contribution in [0, 0.1) is 0 Å². The van der Waals surface area contributed by atoms with Crippen LogP contribution in [-0.2, 0) is 9.53 Å². The van der Waals surface area contributed by atoms with E-state index in [9.17, 15) is 4.79 Å². The quantitative estimate of drug-likeness (QED) is 0.331. The molecular weight excluding hydrogens is 147 g/mol. The van der Waals surface area contributed by atoms with Gasteiger partial charge in [-0.1, -0.05) is 15.8 Å². The summed E-state index contributed by atoms with van der Waals surface area (Å²) in [6.45, 7) is 8.88. The molecule has 1 atom stereocenters. The van der Waals surface area contributed by atoms with Crippen LogP contribution in [0.2, 0.25) is 0 Å². The van der Waals surface area contributed by atoms with Gasteiger partial charge in [-0.2, -0.15) is 0 Å². The van der Waals surface area contributed by atoms with Crippen LogP contribution in [0.25, 0.3) is 0 Å². The summed E-state index contributed by atoms with van der Waals surface area (Å²) in [5.74, 6) is -0.363. The van der Waals surface area contributed by atoms with Crippen molar-refractivity contribution < 1.29 is 9.53 Å². The Morgan fingerprint density at radius 2 is 1.90 bits per heavy atom. The van der Waals surface area contributed by atoms with Gasteiger partial charge >= 0.3 is 5.97 Å². The van der Waals surface area contributed by atoms with Gasteiger partial charge in [0.25, 0.3) is 0 Å². The summed E-state index contributed by atoms with van der Waals surface area (Å²) in [6, 6.07) is 0. The predicted octanol–water partition coefficient (Wildman–Crippen LogP) is 1.72. The fourth-order valence-electron chi connectivity index (χ4n) is 0.344. The van der Waals surface area contributed by atoms with Gasteiger partial charge in [0, 0.05) is 5.31 Å². The van der Waals surface area contributed by atoms with Crippen LogP contribution >= 0.6 is 9.24 Å². The Balaban J connectivity index is 3.93. The molecule has 0 aliphatic heterocycles. The molecule has 2 nitrogen and oxygen atoms in total. The number of hydrogen-bond donors (Lipinski definition) is 0. The highest BCUT2D eigenvalue weighted by atomic mass is 31.0. The third-order valence-electron chi connectivity index (χ3n) is 0.661. The fraction of sp³-hybridized carbons (Fsp3) is 0.571. The maximum absolute atomic E-state index is 10.8. The van der Waals surface area contributed by atoms with E-state index in [0.717, 1.165) is 0 Å². The minimum atomic E-state index is -0.420. The van der Waals surface area contributed by atoms with Gasteiger partial charge in [0.15, 0.2) is 0 Å². The summed E-state index contributed by atoms with van der Waals surface area (Å²) in [5, 5.41) is 0.356. The van der Waals surface area contributed by atoms with Crippen molar-refractivity contribution in [3.05, 3.63) is 11.9 Å². The Kier molecular flexibility index (Phi) is 3.04. The molecule has 0 aromatic carbocycles. The lowest BCUT2D eigenvalue weighted by molar-refractivity contribution is -0.148. The average Bonchev–Trinajstić information content (AvgIpc) is 1.60. The highest BCUT2D eigenvalue weighted by molar-refractivity contribution is 7.24. The van der Waals surface area contributed by atoms with Gasteiger partial charge in [-0.3, -0.25) is 0 Å². The van der Waals surface area contributed by atoms with Crippen molar-refractivity contribution in [1.82, 2.24) is 0 Å². The molecule has 0 aliphatic rings. The average molecular weight is 160 g/mol. The van der Waals surface area contributed by atoms with Crippen LogP contribution in [0.3, 0.4) is 0 Å². The van der Waals surface area contributed by atoms with Gasteiger partial charge in [-0.05, 0) is 20.8 Å². The summed E-state index contributed by atoms with van der Waals surface area (Å²) in [5.41, 5.74) is -0.420. The van der Waals surface area contributed by atoms with Crippen LogP contribution in [0.15, 0.2) is 11.9 Å². The Bertz CT molecular complexity index is 155. The van der Waals surface area contributed by atoms with Gasteiger partial charge in [-0.15, -0.1) is 0 Å². The monoisotopic (exact) mass is 160 g/mol. The minimum Gasteiger partial charge on any atom is -0.456 e. The molecule has 0 heterocycles. The molecule has 0 aromatic heterocycles. The van der Waals surface area contributed by atoms with Crippen molar-refractivity contribution in [1.29, 1.82) is 0 Å². The van der Waals surface area contributed by atoms with E-state index >= 15 is 0 Å². The predicted molar refractivity (Wildman–Crippen MR) is 44.7 cm³/mol. The third-order valence-corrected chi connectivity index (χ3v) is 0.897. The van der Waals surface area contributed by atoms with Gasteiger partial charge in [0.2, 0.25) is 0 Å². The van der Waals surface area contributed by atoms with Crippen molar-refractivity contribution >= 4 is 15.2 Å². The second-order valence-electron chi connectivity index (χ2n) is 3.03.